The van der Waals surface area contributed by atoms with Gasteiger partial charge in [0.1, 0.15) is 0 Å². The normalized spacial score (nSPS) is 14.6. The van der Waals surface area contributed by atoms with Crippen LogP contribution in [0.25, 0.3) is 11.4 Å². The highest BCUT2D eigenvalue weighted by molar-refractivity contribution is 8.00. The summed E-state index contributed by atoms with van der Waals surface area (Å²) in [5.74, 6) is 0.979. The lowest BCUT2D eigenvalue weighted by atomic mass is 10.00. The summed E-state index contributed by atoms with van der Waals surface area (Å²) in [7, 11) is 1.96. The molecule has 6 heteroatoms. The Morgan fingerprint density at radius 2 is 1.79 bits per heavy atom. The molecule has 0 saturated carbocycles. The van der Waals surface area contributed by atoms with Crippen molar-refractivity contribution in [1.29, 1.82) is 0 Å². The molecule has 2 aromatic carbocycles. The standard InChI is InChI=1S/C22H24N4OS/c1-15-8-4-7-11-19(15)20-23-24-22(25(20)3)28-16(2)21(27)26-13-12-17-9-5-6-10-18(17)14-26/h4-11,16H,12-14H2,1-3H3/t16-/m0/s1. The van der Waals surface area contributed by atoms with Crippen LogP contribution in [0, 0.1) is 6.92 Å². The number of nitrogens with zero attached hydrogens (tertiary/aromatic N) is 4. The molecule has 0 saturated heterocycles. The highest BCUT2D eigenvalue weighted by atomic mass is 32.2. The van der Waals surface area contributed by atoms with E-state index in [4.69, 9.17) is 0 Å². The molecule has 5 nitrogen and oxygen atoms in total. The highest BCUT2D eigenvalue weighted by Gasteiger charge is 2.26. The van der Waals surface area contributed by atoms with Crippen molar-refractivity contribution in [3.05, 3.63) is 65.2 Å². The molecule has 0 bridgehead atoms. The van der Waals surface area contributed by atoms with E-state index in [1.165, 1.54) is 22.9 Å². The molecule has 2 heterocycles. The van der Waals surface area contributed by atoms with E-state index in [0.717, 1.165) is 35.1 Å². The maximum absolute atomic E-state index is 13.0. The van der Waals surface area contributed by atoms with Crippen LogP contribution in [0.3, 0.4) is 0 Å². The summed E-state index contributed by atoms with van der Waals surface area (Å²) in [6, 6.07) is 16.5. The van der Waals surface area contributed by atoms with E-state index in [9.17, 15) is 4.79 Å². The van der Waals surface area contributed by atoms with Crippen molar-refractivity contribution in [2.45, 2.75) is 37.2 Å². The van der Waals surface area contributed by atoms with E-state index in [1.54, 1.807) is 0 Å². The molecule has 4 rings (SSSR count). The van der Waals surface area contributed by atoms with Gasteiger partial charge in [-0.3, -0.25) is 4.79 Å². The molecule has 0 fully saturated rings. The topological polar surface area (TPSA) is 51.0 Å². The maximum Gasteiger partial charge on any atom is 0.236 e. The fraction of sp³-hybridized carbons (Fsp3) is 0.318. The van der Waals surface area contributed by atoms with E-state index in [-0.39, 0.29) is 11.2 Å². The molecule has 1 aliphatic heterocycles. The van der Waals surface area contributed by atoms with Crippen LogP contribution in [0.5, 0.6) is 0 Å². The summed E-state index contributed by atoms with van der Waals surface area (Å²) < 4.78 is 1.97. The Labute approximate surface area is 169 Å². The Hall–Kier alpha value is -2.60. The van der Waals surface area contributed by atoms with Crippen LogP contribution in [0.15, 0.2) is 53.7 Å². The van der Waals surface area contributed by atoms with E-state index >= 15 is 0 Å². The number of hydrogen-bond donors (Lipinski definition) is 0. The average Bonchev–Trinajstić information content (AvgIpc) is 3.07. The van der Waals surface area contributed by atoms with Crippen molar-refractivity contribution in [3.63, 3.8) is 0 Å². The largest absolute Gasteiger partial charge is 0.337 e. The molecule has 0 radical (unpaired) electrons. The van der Waals surface area contributed by atoms with Gasteiger partial charge >= 0.3 is 0 Å². The minimum atomic E-state index is -0.210. The summed E-state index contributed by atoms with van der Waals surface area (Å²) >= 11 is 1.47. The van der Waals surface area contributed by atoms with Gasteiger partial charge in [0.15, 0.2) is 11.0 Å². The van der Waals surface area contributed by atoms with Gasteiger partial charge in [-0.2, -0.15) is 0 Å². The first kappa shape index (κ1) is 18.7. The average molecular weight is 393 g/mol. The van der Waals surface area contributed by atoms with Crippen LogP contribution < -0.4 is 0 Å². The van der Waals surface area contributed by atoms with Gasteiger partial charge in [-0.05, 0) is 37.0 Å². The van der Waals surface area contributed by atoms with Gasteiger partial charge in [0.05, 0.1) is 5.25 Å². The SMILES string of the molecule is Cc1ccccc1-c1nnc(S[C@@H](C)C(=O)N2CCc3ccccc3C2)n1C. The lowest BCUT2D eigenvalue weighted by Gasteiger charge is -2.30. The van der Waals surface area contributed by atoms with E-state index in [1.807, 2.05) is 47.7 Å². The van der Waals surface area contributed by atoms with Gasteiger partial charge in [0.2, 0.25) is 5.91 Å². The quantitative estimate of drug-likeness (QED) is 0.633. The number of carbonyl (C=O) groups excluding carboxylic acids is 1. The Balaban J connectivity index is 1.48. The minimum absolute atomic E-state index is 0.153. The number of rotatable bonds is 4. The predicted molar refractivity (Wildman–Crippen MR) is 112 cm³/mol. The summed E-state index contributed by atoms with van der Waals surface area (Å²) in [6.45, 7) is 5.48. The molecule has 3 aromatic rings. The number of fused-ring (bicyclic) bond motifs is 1. The summed E-state index contributed by atoms with van der Waals surface area (Å²) in [5, 5.41) is 9.26. The second-order valence-corrected chi connectivity index (χ2v) is 8.53. The van der Waals surface area contributed by atoms with Crippen molar-refractivity contribution in [2.24, 2.45) is 7.05 Å². The second-order valence-electron chi connectivity index (χ2n) is 7.22. The van der Waals surface area contributed by atoms with Crippen molar-refractivity contribution in [3.8, 4) is 11.4 Å². The number of aryl methyl sites for hydroxylation is 1. The van der Waals surface area contributed by atoms with E-state index in [2.05, 4.69) is 41.4 Å². The van der Waals surface area contributed by atoms with E-state index < -0.39 is 0 Å². The molecular weight excluding hydrogens is 368 g/mol. The molecule has 1 aliphatic rings. The first-order valence-corrected chi connectivity index (χ1v) is 10.4. The summed E-state index contributed by atoms with van der Waals surface area (Å²) in [6.07, 6.45) is 0.917. The molecule has 0 spiro atoms. The zero-order valence-corrected chi connectivity index (χ0v) is 17.2. The fourth-order valence-corrected chi connectivity index (χ4v) is 4.52. The van der Waals surface area contributed by atoms with Gasteiger partial charge in [-0.25, -0.2) is 0 Å². The van der Waals surface area contributed by atoms with E-state index in [0.29, 0.717) is 6.54 Å². The van der Waals surface area contributed by atoms with Crippen molar-refractivity contribution in [2.75, 3.05) is 6.54 Å². The maximum atomic E-state index is 13.0. The van der Waals surface area contributed by atoms with Gasteiger partial charge in [-0.1, -0.05) is 60.3 Å². The van der Waals surface area contributed by atoms with Crippen LogP contribution in [0.2, 0.25) is 0 Å². The van der Waals surface area contributed by atoms with Gasteiger partial charge in [0, 0.05) is 25.7 Å². The van der Waals surface area contributed by atoms with Crippen molar-refractivity contribution in [1.82, 2.24) is 19.7 Å². The first-order valence-electron chi connectivity index (χ1n) is 9.52. The lowest BCUT2D eigenvalue weighted by Crippen LogP contribution is -2.40. The monoisotopic (exact) mass is 392 g/mol. The second kappa shape index (κ2) is 7.80. The lowest BCUT2D eigenvalue weighted by molar-refractivity contribution is -0.131. The predicted octanol–water partition coefficient (Wildman–Crippen LogP) is 3.86. The van der Waals surface area contributed by atoms with Gasteiger partial charge < -0.3 is 9.47 Å². The van der Waals surface area contributed by atoms with Gasteiger partial charge in [0.25, 0.3) is 0 Å². The number of thioether (sulfide) groups is 1. The van der Waals surface area contributed by atoms with Crippen LogP contribution in [0.4, 0.5) is 0 Å². The van der Waals surface area contributed by atoms with Gasteiger partial charge in [-0.15, -0.1) is 10.2 Å². The smallest absolute Gasteiger partial charge is 0.236 e. The molecular formula is C22H24N4OS. The van der Waals surface area contributed by atoms with Crippen LogP contribution in [0.1, 0.15) is 23.6 Å². The number of hydrogen-bond acceptors (Lipinski definition) is 4. The highest BCUT2D eigenvalue weighted by Crippen LogP contribution is 2.29. The Kier molecular flexibility index (Phi) is 5.22. The molecule has 1 aromatic heterocycles. The zero-order chi connectivity index (χ0) is 19.7. The molecule has 0 unspecified atom stereocenters. The third kappa shape index (κ3) is 3.56. The number of carbonyl (C=O) groups is 1. The summed E-state index contributed by atoms with van der Waals surface area (Å²) in [4.78, 5) is 15.0. The van der Waals surface area contributed by atoms with Crippen molar-refractivity contribution < 1.29 is 4.79 Å². The molecule has 0 N–H and O–H groups in total. The number of aromatic nitrogens is 3. The molecule has 1 amide bonds. The number of benzene rings is 2. The van der Waals surface area contributed by atoms with Crippen LogP contribution in [-0.4, -0.2) is 37.4 Å². The first-order chi connectivity index (χ1) is 13.5. The third-order valence-electron chi connectivity index (χ3n) is 5.29. The molecule has 144 valence electrons. The third-order valence-corrected chi connectivity index (χ3v) is 6.41. The Morgan fingerprint density at radius 1 is 1.07 bits per heavy atom. The Bertz CT molecular complexity index is 1010. The fourth-order valence-electron chi connectivity index (χ4n) is 3.63. The Morgan fingerprint density at radius 3 is 2.57 bits per heavy atom. The molecule has 1 atom stereocenters. The minimum Gasteiger partial charge on any atom is -0.337 e. The number of amides is 1. The molecule has 28 heavy (non-hydrogen) atoms. The molecule has 0 aliphatic carbocycles. The summed E-state index contributed by atoms with van der Waals surface area (Å²) in [5.41, 5.74) is 4.82. The van der Waals surface area contributed by atoms with Crippen LogP contribution in [-0.2, 0) is 24.8 Å². The zero-order valence-electron chi connectivity index (χ0n) is 16.4. The van der Waals surface area contributed by atoms with Crippen LogP contribution >= 0.6 is 11.8 Å². The van der Waals surface area contributed by atoms with Crippen molar-refractivity contribution >= 4 is 17.7 Å².